The van der Waals surface area contributed by atoms with Gasteiger partial charge in [0, 0.05) is 5.56 Å². The molecule has 0 aromatic carbocycles. The van der Waals surface area contributed by atoms with Crippen molar-refractivity contribution in [3.05, 3.63) is 15.9 Å². The Hall–Kier alpha value is -0.840. The lowest BCUT2D eigenvalue weighted by atomic mass is 9.96. The van der Waals surface area contributed by atoms with E-state index < -0.39 is 5.97 Å². The fourth-order valence-electron chi connectivity index (χ4n) is 2.50. The van der Waals surface area contributed by atoms with E-state index in [1.165, 1.54) is 19.3 Å². The molecule has 2 rings (SSSR count). The van der Waals surface area contributed by atoms with Crippen molar-refractivity contribution < 1.29 is 9.90 Å². The topological polar surface area (TPSA) is 55.1 Å². The molecule has 0 radical (unpaired) electrons. The largest absolute Gasteiger partial charge is 0.476 e. The highest BCUT2D eigenvalue weighted by atomic mass is 79.9. The number of halogens is 1. The molecule has 4 nitrogen and oxygen atoms in total. The standard InChI is InChI=1S/C12H17BrN2O2/c1-2-9-10(12(16)17)14-15(11(9)13)8-6-4-3-5-7-8/h8H,2-7H2,1H3,(H,16,17). The molecule has 0 amide bonds. The zero-order valence-corrected chi connectivity index (χ0v) is 11.5. The van der Waals surface area contributed by atoms with E-state index in [0.717, 1.165) is 23.0 Å². The van der Waals surface area contributed by atoms with Crippen LogP contribution in [0.25, 0.3) is 0 Å². The molecule has 0 unspecified atom stereocenters. The Morgan fingerprint density at radius 3 is 2.59 bits per heavy atom. The Kier molecular flexibility index (Phi) is 3.86. The molecule has 0 saturated heterocycles. The van der Waals surface area contributed by atoms with Gasteiger partial charge in [0.15, 0.2) is 5.69 Å². The van der Waals surface area contributed by atoms with E-state index in [4.69, 9.17) is 5.11 Å². The Morgan fingerprint density at radius 1 is 1.47 bits per heavy atom. The molecule has 1 fully saturated rings. The lowest BCUT2D eigenvalue weighted by molar-refractivity contribution is 0.0687. The predicted molar refractivity (Wildman–Crippen MR) is 68.4 cm³/mol. The van der Waals surface area contributed by atoms with Crippen LogP contribution in [0.5, 0.6) is 0 Å². The molecule has 1 aromatic rings. The van der Waals surface area contributed by atoms with Gasteiger partial charge in [0.2, 0.25) is 0 Å². The summed E-state index contributed by atoms with van der Waals surface area (Å²) in [6.07, 6.45) is 6.59. The number of carboxylic acids is 1. The highest BCUT2D eigenvalue weighted by Gasteiger charge is 2.25. The van der Waals surface area contributed by atoms with Gasteiger partial charge in [-0.1, -0.05) is 26.2 Å². The summed E-state index contributed by atoms with van der Waals surface area (Å²) < 4.78 is 2.73. The van der Waals surface area contributed by atoms with Gasteiger partial charge in [0.05, 0.1) is 6.04 Å². The average Bonchev–Trinajstić information content (AvgIpc) is 2.67. The molecule has 1 N–H and O–H groups in total. The first-order chi connectivity index (χ1) is 8.15. The summed E-state index contributed by atoms with van der Waals surface area (Å²) in [6.45, 7) is 1.96. The van der Waals surface area contributed by atoms with Crippen LogP contribution in [0.3, 0.4) is 0 Å². The molecule has 1 aliphatic rings. The summed E-state index contributed by atoms with van der Waals surface area (Å²) in [6, 6.07) is 0.358. The van der Waals surface area contributed by atoms with Gasteiger partial charge in [-0.05, 0) is 35.2 Å². The second-order valence-electron chi connectivity index (χ2n) is 4.51. The van der Waals surface area contributed by atoms with Crippen LogP contribution in [0.15, 0.2) is 4.60 Å². The molecular weight excluding hydrogens is 284 g/mol. The predicted octanol–water partition coefficient (Wildman–Crippen LogP) is 3.41. The smallest absolute Gasteiger partial charge is 0.356 e. The van der Waals surface area contributed by atoms with Gasteiger partial charge in [-0.3, -0.25) is 4.68 Å². The van der Waals surface area contributed by atoms with Crippen LogP contribution < -0.4 is 0 Å². The quantitative estimate of drug-likeness (QED) is 0.930. The number of nitrogens with zero attached hydrogens (tertiary/aromatic N) is 2. The second-order valence-corrected chi connectivity index (χ2v) is 5.26. The molecule has 94 valence electrons. The highest BCUT2D eigenvalue weighted by Crippen LogP contribution is 2.32. The van der Waals surface area contributed by atoms with E-state index in [9.17, 15) is 4.79 Å². The molecule has 1 heterocycles. The van der Waals surface area contributed by atoms with Crippen molar-refractivity contribution >= 4 is 21.9 Å². The molecule has 0 aliphatic heterocycles. The van der Waals surface area contributed by atoms with E-state index >= 15 is 0 Å². The van der Waals surface area contributed by atoms with E-state index in [-0.39, 0.29) is 5.69 Å². The van der Waals surface area contributed by atoms with Gasteiger partial charge < -0.3 is 5.11 Å². The molecule has 0 atom stereocenters. The molecule has 1 saturated carbocycles. The first kappa shape index (κ1) is 12.6. The minimum absolute atomic E-state index is 0.199. The van der Waals surface area contributed by atoms with Crippen LogP contribution in [0.4, 0.5) is 0 Å². The van der Waals surface area contributed by atoms with Crippen LogP contribution in [-0.2, 0) is 6.42 Å². The Labute approximate surface area is 109 Å². The second kappa shape index (κ2) is 5.21. The molecular formula is C12H17BrN2O2. The summed E-state index contributed by atoms with van der Waals surface area (Å²) in [5.74, 6) is -0.933. The van der Waals surface area contributed by atoms with Crippen LogP contribution in [0.1, 0.15) is 61.1 Å². The summed E-state index contributed by atoms with van der Waals surface area (Å²) in [7, 11) is 0. The van der Waals surface area contributed by atoms with Crippen molar-refractivity contribution in [2.45, 2.75) is 51.5 Å². The number of hydrogen-bond acceptors (Lipinski definition) is 2. The number of carbonyl (C=O) groups is 1. The number of hydrogen-bond donors (Lipinski definition) is 1. The van der Waals surface area contributed by atoms with Crippen molar-refractivity contribution in [3.63, 3.8) is 0 Å². The van der Waals surface area contributed by atoms with E-state index in [0.29, 0.717) is 12.5 Å². The third-order valence-electron chi connectivity index (χ3n) is 3.42. The van der Waals surface area contributed by atoms with Gasteiger partial charge >= 0.3 is 5.97 Å². The number of carboxylic acid groups (broad SMARTS) is 1. The monoisotopic (exact) mass is 300 g/mol. The zero-order chi connectivity index (χ0) is 12.4. The molecule has 5 heteroatoms. The lowest BCUT2D eigenvalue weighted by Gasteiger charge is -2.22. The maximum Gasteiger partial charge on any atom is 0.356 e. The highest BCUT2D eigenvalue weighted by molar-refractivity contribution is 9.10. The van der Waals surface area contributed by atoms with Crippen LogP contribution in [0, 0.1) is 0 Å². The van der Waals surface area contributed by atoms with Crippen molar-refractivity contribution in [1.29, 1.82) is 0 Å². The van der Waals surface area contributed by atoms with Gasteiger partial charge in [0.1, 0.15) is 4.60 Å². The maximum absolute atomic E-state index is 11.1. The summed E-state index contributed by atoms with van der Waals surface area (Å²) >= 11 is 3.50. The van der Waals surface area contributed by atoms with Crippen molar-refractivity contribution in [2.24, 2.45) is 0 Å². The van der Waals surface area contributed by atoms with E-state index in [1.54, 1.807) is 0 Å². The van der Waals surface area contributed by atoms with Crippen molar-refractivity contribution in [3.8, 4) is 0 Å². The lowest BCUT2D eigenvalue weighted by Crippen LogP contribution is -2.15. The number of rotatable bonds is 3. The van der Waals surface area contributed by atoms with Crippen molar-refractivity contribution in [1.82, 2.24) is 9.78 Å². The maximum atomic E-state index is 11.1. The van der Waals surface area contributed by atoms with Crippen molar-refractivity contribution in [2.75, 3.05) is 0 Å². The minimum Gasteiger partial charge on any atom is -0.476 e. The minimum atomic E-state index is -0.933. The molecule has 1 aromatic heterocycles. The van der Waals surface area contributed by atoms with Gasteiger partial charge in [0.25, 0.3) is 0 Å². The summed E-state index contributed by atoms with van der Waals surface area (Å²) in [4.78, 5) is 11.1. The first-order valence-corrected chi connectivity index (χ1v) is 6.94. The van der Waals surface area contributed by atoms with Crippen LogP contribution in [-0.4, -0.2) is 20.9 Å². The van der Waals surface area contributed by atoms with Crippen LogP contribution in [0.2, 0.25) is 0 Å². The third-order valence-corrected chi connectivity index (χ3v) is 4.26. The first-order valence-electron chi connectivity index (χ1n) is 6.15. The van der Waals surface area contributed by atoms with Gasteiger partial charge in [-0.15, -0.1) is 0 Å². The molecule has 17 heavy (non-hydrogen) atoms. The summed E-state index contributed by atoms with van der Waals surface area (Å²) in [5, 5.41) is 13.4. The summed E-state index contributed by atoms with van der Waals surface area (Å²) in [5.41, 5.74) is 1.01. The normalized spacial score (nSPS) is 17.3. The Balaban J connectivity index is 2.37. The fraction of sp³-hybridized carbons (Fsp3) is 0.667. The van der Waals surface area contributed by atoms with Gasteiger partial charge in [-0.25, -0.2) is 4.79 Å². The zero-order valence-electron chi connectivity index (χ0n) is 9.95. The van der Waals surface area contributed by atoms with Crippen LogP contribution >= 0.6 is 15.9 Å². The van der Waals surface area contributed by atoms with Gasteiger partial charge in [-0.2, -0.15) is 5.10 Å². The Morgan fingerprint density at radius 2 is 2.12 bits per heavy atom. The third kappa shape index (κ3) is 2.39. The molecule has 1 aliphatic carbocycles. The SMILES string of the molecule is CCc1c(C(=O)O)nn(C2CCCCC2)c1Br. The van der Waals surface area contributed by atoms with E-state index in [1.807, 2.05) is 11.6 Å². The average molecular weight is 301 g/mol. The number of aromatic nitrogens is 2. The fourth-order valence-corrected chi connectivity index (χ4v) is 3.34. The number of aromatic carboxylic acids is 1. The molecule has 0 spiro atoms. The molecule has 0 bridgehead atoms. The van der Waals surface area contributed by atoms with E-state index in [2.05, 4.69) is 21.0 Å². The Bertz CT molecular complexity index is 422.